The fraction of sp³-hybridized carbons (Fsp3) is 0.0625. The van der Waals surface area contributed by atoms with E-state index in [4.69, 9.17) is 11.6 Å². The van der Waals surface area contributed by atoms with E-state index in [0.717, 1.165) is 5.56 Å². The molecule has 2 rings (SSSR count). The summed E-state index contributed by atoms with van der Waals surface area (Å²) in [5, 5.41) is 0.608. The number of ketones is 1. The second-order valence-electron chi connectivity index (χ2n) is 3.75. The molecule has 0 aliphatic heterocycles. The van der Waals surface area contributed by atoms with Gasteiger partial charge in [0.05, 0.1) is 11.4 Å². The maximum absolute atomic E-state index is 11.8. The first-order chi connectivity index (χ1) is 8.77. The van der Waals surface area contributed by atoms with Crippen molar-refractivity contribution in [2.75, 3.05) is 0 Å². The van der Waals surface area contributed by atoms with Crippen molar-refractivity contribution in [2.24, 2.45) is 0 Å². The molecular formula is C16H11ClO. The van der Waals surface area contributed by atoms with E-state index < -0.39 is 0 Å². The molecule has 0 spiro atoms. The van der Waals surface area contributed by atoms with E-state index in [9.17, 15) is 4.79 Å². The van der Waals surface area contributed by atoms with Gasteiger partial charge in [-0.15, -0.1) is 0 Å². The van der Waals surface area contributed by atoms with Crippen LogP contribution in [0.25, 0.3) is 0 Å². The lowest BCUT2D eigenvalue weighted by molar-refractivity contribution is 0.0998. The van der Waals surface area contributed by atoms with Gasteiger partial charge in [0, 0.05) is 11.1 Å². The van der Waals surface area contributed by atoms with Gasteiger partial charge in [-0.05, 0) is 12.1 Å². The molecule has 1 nitrogen and oxygen atoms in total. The minimum atomic E-state index is 0.0233. The molecule has 0 bridgehead atoms. The van der Waals surface area contributed by atoms with E-state index in [1.165, 1.54) is 0 Å². The van der Waals surface area contributed by atoms with Crippen LogP contribution in [0.1, 0.15) is 22.3 Å². The zero-order valence-electron chi connectivity index (χ0n) is 9.69. The molecule has 0 amide bonds. The second-order valence-corrected chi connectivity index (χ2v) is 4.15. The molecule has 2 heteroatoms. The van der Waals surface area contributed by atoms with Crippen molar-refractivity contribution in [3.05, 3.63) is 70.7 Å². The summed E-state index contributed by atoms with van der Waals surface area (Å²) in [6.07, 6.45) is 0.204. The number of hydrogen-bond acceptors (Lipinski definition) is 1. The van der Waals surface area contributed by atoms with Crippen molar-refractivity contribution in [3.8, 4) is 11.8 Å². The van der Waals surface area contributed by atoms with Gasteiger partial charge >= 0.3 is 0 Å². The third kappa shape index (κ3) is 3.23. The number of carbonyl (C=O) groups is 1. The molecule has 0 radical (unpaired) electrons. The first-order valence-electron chi connectivity index (χ1n) is 5.59. The zero-order chi connectivity index (χ0) is 12.8. The van der Waals surface area contributed by atoms with Gasteiger partial charge in [-0.25, -0.2) is 0 Å². The van der Waals surface area contributed by atoms with Crippen LogP contribution < -0.4 is 0 Å². The Hall–Kier alpha value is -2.04. The van der Waals surface area contributed by atoms with Gasteiger partial charge in [0.1, 0.15) is 0 Å². The Morgan fingerprint density at radius 3 is 2.39 bits per heavy atom. The Kier molecular flexibility index (Phi) is 4.17. The number of benzene rings is 2. The van der Waals surface area contributed by atoms with E-state index in [1.54, 1.807) is 18.2 Å². The maximum atomic E-state index is 11.8. The average Bonchev–Trinajstić information content (AvgIpc) is 2.42. The van der Waals surface area contributed by atoms with Gasteiger partial charge in [0.25, 0.3) is 0 Å². The first-order valence-corrected chi connectivity index (χ1v) is 5.97. The highest BCUT2D eigenvalue weighted by Gasteiger charge is 2.01. The fourth-order valence-corrected chi connectivity index (χ4v) is 1.69. The first kappa shape index (κ1) is 12.4. The predicted molar refractivity (Wildman–Crippen MR) is 73.7 cm³/mol. The van der Waals surface area contributed by atoms with Crippen LogP contribution >= 0.6 is 11.6 Å². The topological polar surface area (TPSA) is 17.1 Å². The Labute approximate surface area is 111 Å². The van der Waals surface area contributed by atoms with Crippen molar-refractivity contribution in [1.29, 1.82) is 0 Å². The number of halogens is 1. The predicted octanol–water partition coefficient (Wildman–Crippen LogP) is 3.96. The van der Waals surface area contributed by atoms with Gasteiger partial charge in [-0.1, -0.05) is 65.9 Å². The largest absolute Gasteiger partial charge is 0.293 e. The Morgan fingerprint density at radius 2 is 1.67 bits per heavy atom. The van der Waals surface area contributed by atoms with Gasteiger partial charge in [-0.3, -0.25) is 4.79 Å². The highest BCUT2D eigenvalue weighted by atomic mass is 35.5. The smallest absolute Gasteiger partial charge is 0.174 e. The molecule has 0 atom stereocenters. The zero-order valence-corrected chi connectivity index (χ0v) is 10.4. The number of rotatable bonds is 2. The quantitative estimate of drug-likeness (QED) is 0.586. The van der Waals surface area contributed by atoms with Gasteiger partial charge < -0.3 is 0 Å². The highest BCUT2D eigenvalue weighted by molar-refractivity contribution is 6.31. The van der Waals surface area contributed by atoms with E-state index in [1.807, 2.05) is 36.4 Å². The molecule has 0 aliphatic carbocycles. The molecule has 0 aromatic heterocycles. The lowest BCUT2D eigenvalue weighted by Crippen LogP contribution is -1.96. The van der Waals surface area contributed by atoms with Crippen LogP contribution in [0.4, 0.5) is 0 Å². The van der Waals surface area contributed by atoms with Crippen LogP contribution in [0, 0.1) is 11.8 Å². The molecule has 88 valence electrons. The highest BCUT2D eigenvalue weighted by Crippen LogP contribution is 2.13. The van der Waals surface area contributed by atoms with Crippen LogP contribution in [0.2, 0.25) is 5.02 Å². The summed E-state index contributed by atoms with van der Waals surface area (Å²) in [5.74, 6) is 5.79. The second kappa shape index (κ2) is 6.05. The van der Waals surface area contributed by atoms with Crippen molar-refractivity contribution in [3.63, 3.8) is 0 Å². The summed E-state index contributed by atoms with van der Waals surface area (Å²) in [5.41, 5.74) is 1.44. The summed E-state index contributed by atoms with van der Waals surface area (Å²) >= 11 is 5.97. The Bertz CT molecular complexity index is 606. The van der Waals surface area contributed by atoms with Crippen LogP contribution in [0.3, 0.4) is 0 Å². The van der Waals surface area contributed by atoms with Gasteiger partial charge in [0.2, 0.25) is 0 Å². The molecule has 2 aromatic carbocycles. The lowest BCUT2D eigenvalue weighted by Gasteiger charge is -1.95. The molecule has 0 fully saturated rings. The molecule has 2 aromatic rings. The standard InChI is InChI=1S/C16H11ClO/c17-15-11-5-4-7-13(15)10-6-12-16(18)14-8-2-1-3-9-14/h1-5,7-9,11H,12H2. The molecule has 0 saturated heterocycles. The average molecular weight is 255 g/mol. The summed E-state index contributed by atoms with van der Waals surface area (Å²) in [6, 6.07) is 16.5. The van der Waals surface area contributed by atoms with Crippen molar-refractivity contribution in [1.82, 2.24) is 0 Å². The van der Waals surface area contributed by atoms with Crippen LogP contribution in [0.5, 0.6) is 0 Å². The molecule has 0 unspecified atom stereocenters. The van der Waals surface area contributed by atoms with Gasteiger partial charge in [0.15, 0.2) is 5.78 Å². The monoisotopic (exact) mass is 254 g/mol. The summed E-state index contributed by atoms with van der Waals surface area (Å²) in [7, 11) is 0. The summed E-state index contributed by atoms with van der Waals surface area (Å²) in [4.78, 5) is 11.8. The summed E-state index contributed by atoms with van der Waals surface area (Å²) < 4.78 is 0. The normalized spacial score (nSPS) is 9.39. The Morgan fingerprint density at radius 1 is 1.00 bits per heavy atom. The Balaban J connectivity index is 2.06. The van der Waals surface area contributed by atoms with E-state index >= 15 is 0 Å². The molecule has 18 heavy (non-hydrogen) atoms. The van der Waals surface area contributed by atoms with E-state index in [-0.39, 0.29) is 12.2 Å². The van der Waals surface area contributed by atoms with Crippen molar-refractivity contribution in [2.45, 2.75) is 6.42 Å². The molecule has 0 heterocycles. The number of hydrogen-bond donors (Lipinski definition) is 0. The molecular weight excluding hydrogens is 244 g/mol. The van der Waals surface area contributed by atoms with E-state index in [2.05, 4.69) is 11.8 Å². The third-order valence-corrected chi connectivity index (χ3v) is 2.77. The van der Waals surface area contributed by atoms with E-state index in [0.29, 0.717) is 10.6 Å². The minimum Gasteiger partial charge on any atom is -0.293 e. The maximum Gasteiger partial charge on any atom is 0.174 e. The van der Waals surface area contributed by atoms with Crippen LogP contribution in [-0.2, 0) is 0 Å². The van der Waals surface area contributed by atoms with Gasteiger partial charge in [-0.2, -0.15) is 0 Å². The SMILES string of the molecule is O=C(CC#Cc1ccccc1Cl)c1ccccc1. The third-order valence-electron chi connectivity index (χ3n) is 2.44. The molecule has 0 aliphatic rings. The minimum absolute atomic E-state index is 0.0233. The number of Topliss-reactive ketones (excluding diaryl/α,β-unsaturated/α-hetero) is 1. The fourth-order valence-electron chi connectivity index (χ4n) is 1.51. The lowest BCUT2D eigenvalue weighted by atomic mass is 10.1. The van der Waals surface area contributed by atoms with Crippen molar-refractivity contribution >= 4 is 17.4 Å². The van der Waals surface area contributed by atoms with Crippen molar-refractivity contribution < 1.29 is 4.79 Å². The van der Waals surface area contributed by atoms with Crippen LogP contribution in [0.15, 0.2) is 54.6 Å². The molecule has 0 saturated carbocycles. The summed E-state index contributed by atoms with van der Waals surface area (Å²) in [6.45, 7) is 0. The number of carbonyl (C=O) groups excluding carboxylic acids is 1. The van der Waals surface area contributed by atoms with Crippen LogP contribution in [-0.4, -0.2) is 5.78 Å². The molecule has 0 N–H and O–H groups in total.